The zero-order chi connectivity index (χ0) is 13.9. The van der Waals surface area contributed by atoms with Crippen molar-refractivity contribution in [3.8, 4) is 11.8 Å². The Morgan fingerprint density at radius 2 is 1.21 bits per heavy atom. The molecule has 96 valence electrons. The van der Waals surface area contributed by atoms with Crippen LogP contribution in [0.5, 0.6) is 0 Å². The summed E-state index contributed by atoms with van der Waals surface area (Å²) >= 11 is 6.79. The smallest absolute Gasteiger partial charge is 0.176 e. The molecule has 0 aliphatic heterocycles. The summed E-state index contributed by atoms with van der Waals surface area (Å²) in [6.07, 6.45) is 0. The van der Waals surface area contributed by atoms with Crippen molar-refractivity contribution in [2.45, 2.75) is 12.5 Å². The molecule has 2 aromatic carbocycles. The van der Waals surface area contributed by atoms with Gasteiger partial charge in [0.15, 0.2) is 5.60 Å². The van der Waals surface area contributed by atoms with E-state index in [9.17, 15) is 5.11 Å². The van der Waals surface area contributed by atoms with Gasteiger partial charge in [-0.3, -0.25) is 0 Å². The molecule has 0 aromatic heterocycles. The van der Waals surface area contributed by atoms with E-state index in [4.69, 9.17) is 0 Å². The van der Waals surface area contributed by atoms with Gasteiger partial charge < -0.3 is 5.11 Å². The molecule has 3 heteroatoms. The molecule has 1 N–H and O–H groups in total. The molecule has 0 aliphatic carbocycles. The van der Waals surface area contributed by atoms with Gasteiger partial charge in [0.1, 0.15) is 0 Å². The van der Waals surface area contributed by atoms with Gasteiger partial charge in [-0.05, 0) is 31.2 Å². The predicted octanol–water partition coefficient (Wildman–Crippen LogP) is 4.47. The average molecular weight is 380 g/mol. The van der Waals surface area contributed by atoms with Crippen molar-refractivity contribution in [3.05, 3.63) is 68.6 Å². The molecule has 0 saturated carbocycles. The maximum absolute atomic E-state index is 10.9. The number of benzene rings is 2. The highest BCUT2D eigenvalue weighted by Crippen LogP contribution is 2.30. The minimum atomic E-state index is -1.28. The number of hydrogen-bond acceptors (Lipinski definition) is 1. The summed E-state index contributed by atoms with van der Waals surface area (Å²) in [5, 5.41) is 10.9. The van der Waals surface area contributed by atoms with Crippen LogP contribution in [0.25, 0.3) is 0 Å². The van der Waals surface area contributed by atoms with Crippen molar-refractivity contribution in [1.82, 2.24) is 0 Å². The Labute approximate surface area is 129 Å². The maximum Gasteiger partial charge on any atom is 0.176 e. The molecule has 0 spiro atoms. The summed E-state index contributed by atoms with van der Waals surface area (Å²) in [7, 11) is 0. The summed E-state index contributed by atoms with van der Waals surface area (Å²) in [6, 6.07) is 15.1. The van der Waals surface area contributed by atoms with Crippen LogP contribution in [0.4, 0.5) is 0 Å². The lowest BCUT2D eigenvalue weighted by molar-refractivity contribution is 0.145. The van der Waals surface area contributed by atoms with Crippen LogP contribution in [0.3, 0.4) is 0 Å². The quantitative estimate of drug-likeness (QED) is 0.763. The lowest BCUT2D eigenvalue weighted by Gasteiger charge is -2.23. The number of hydrogen-bond donors (Lipinski definition) is 1. The van der Waals surface area contributed by atoms with Crippen LogP contribution in [-0.2, 0) is 5.60 Å². The van der Waals surface area contributed by atoms with Crippen LogP contribution in [0.15, 0.2) is 57.5 Å². The number of aliphatic hydroxyl groups is 1. The molecule has 0 unspecified atom stereocenters. The topological polar surface area (TPSA) is 20.2 Å². The summed E-state index contributed by atoms with van der Waals surface area (Å²) in [5.41, 5.74) is 0.232. The number of halogens is 2. The molecule has 0 amide bonds. The Kier molecular flexibility index (Phi) is 4.46. The second-order valence-electron chi connectivity index (χ2n) is 4.10. The standard InChI is InChI=1S/C16H12Br2O/c1-2-11-16(19,12-3-7-14(17)8-4-12)13-5-9-15(18)10-6-13/h3-10,19H,1H3. The minimum Gasteiger partial charge on any atom is -0.369 e. The van der Waals surface area contributed by atoms with E-state index in [1.54, 1.807) is 6.92 Å². The van der Waals surface area contributed by atoms with Crippen molar-refractivity contribution in [2.24, 2.45) is 0 Å². The van der Waals surface area contributed by atoms with Gasteiger partial charge in [-0.1, -0.05) is 62.0 Å². The Hall–Kier alpha value is -1.08. The van der Waals surface area contributed by atoms with Gasteiger partial charge in [-0.2, -0.15) is 0 Å². The summed E-state index contributed by atoms with van der Waals surface area (Å²) in [5.74, 6) is 5.72. The van der Waals surface area contributed by atoms with E-state index in [0.29, 0.717) is 0 Å². The van der Waals surface area contributed by atoms with E-state index in [1.807, 2.05) is 48.5 Å². The molecule has 0 fully saturated rings. The van der Waals surface area contributed by atoms with Crippen molar-refractivity contribution in [3.63, 3.8) is 0 Å². The highest BCUT2D eigenvalue weighted by atomic mass is 79.9. The molecule has 19 heavy (non-hydrogen) atoms. The summed E-state index contributed by atoms with van der Waals surface area (Å²) in [4.78, 5) is 0. The Bertz CT molecular complexity index is 573. The first-order chi connectivity index (χ1) is 9.06. The van der Waals surface area contributed by atoms with Crippen molar-refractivity contribution in [2.75, 3.05) is 0 Å². The first kappa shape index (κ1) is 14.3. The van der Waals surface area contributed by atoms with Crippen molar-refractivity contribution in [1.29, 1.82) is 0 Å². The van der Waals surface area contributed by atoms with Gasteiger partial charge in [0.05, 0.1) is 0 Å². The van der Waals surface area contributed by atoms with E-state index >= 15 is 0 Å². The molecule has 0 aliphatic rings. The van der Waals surface area contributed by atoms with Crippen LogP contribution in [0, 0.1) is 11.8 Å². The summed E-state index contributed by atoms with van der Waals surface area (Å²) < 4.78 is 1.94. The molecule has 0 radical (unpaired) electrons. The third-order valence-corrected chi connectivity index (χ3v) is 3.89. The number of rotatable bonds is 2. The first-order valence-corrected chi connectivity index (χ1v) is 7.33. The lowest BCUT2D eigenvalue weighted by Crippen LogP contribution is -2.25. The highest BCUT2D eigenvalue weighted by molar-refractivity contribution is 9.10. The van der Waals surface area contributed by atoms with Gasteiger partial charge in [0.2, 0.25) is 0 Å². The normalized spacial score (nSPS) is 10.7. The second kappa shape index (κ2) is 5.92. The van der Waals surface area contributed by atoms with Gasteiger partial charge >= 0.3 is 0 Å². The fourth-order valence-electron chi connectivity index (χ4n) is 1.87. The molecule has 1 nitrogen and oxygen atoms in total. The van der Waals surface area contributed by atoms with E-state index in [1.165, 1.54) is 0 Å². The molecule has 0 bridgehead atoms. The zero-order valence-corrected chi connectivity index (χ0v) is 13.5. The Morgan fingerprint density at radius 3 is 1.53 bits per heavy atom. The van der Waals surface area contributed by atoms with Crippen molar-refractivity contribution < 1.29 is 5.11 Å². The highest BCUT2D eigenvalue weighted by Gasteiger charge is 2.29. The van der Waals surface area contributed by atoms with E-state index in [2.05, 4.69) is 43.7 Å². The second-order valence-corrected chi connectivity index (χ2v) is 5.93. The van der Waals surface area contributed by atoms with E-state index in [0.717, 1.165) is 20.1 Å². The van der Waals surface area contributed by atoms with Crippen molar-refractivity contribution >= 4 is 31.9 Å². The van der Waals surface area contributed by atoms with Crippen LogP contribution < -0.4 is 0 Å². The SMILES string of the molecule is CC#CC(O)(c1ccc(Br)cc1)c1ccc(Br)cc1. The fraction of sp³-hybridized carbons (Fsp3) is 0.125. The first-order valence-electron chi connectivity index (χ1n) is 5.74. The molecule has 2 aromatic rings. The lowest BCUT2D eigenvalue weighted by atomic mass is 9.87. The third kappa shape index (κ3) is 3.09. The minimum absolute atomic E-state index is 0.757. The molecule has 0 heterocycles. The zero-order valence-electron chi connectivity index (χ0n) is 10.3. The van der Waals surface area contributed by atoms with Crippen LogP contribution in [0.2, 0.25) is 0 Å². The largest absolute Gasteiger partial charge is 0.369 e. The average Bonchev–Trinajstić information content (AvgIpc) is 2.40. The monoisotopic (exact) mass is 378 g/mol. The maximum atomic E-state index is 10.9. The van der Waals surface area contributed by atoms with Crippen LogP contribution in [-0.4, -0.2) is 5.11 Å². The molecule has 0 atom stereocenters. The van der Waals surface area contributed by atoms with E-state index in [-0.39, 0.29) is 0 Å². The molecule has 2 rings (SSSR count). The molecular formula is C16H12Br2O. The predicted molar refractivity (Wildman–Crippen MR) is 84.7 cm³/mol. The Morgan fingerprint density at radius 1 is 0.842 bits per heavy atom. The van der Waals surface area contributed by atoms with Gasteiger partial charge in [-0.15, -0.1) is 5.92 Å². The Balaban J connectivity index is 2.56. The van der Waals surface area contributed by atoms with Gasteiger partial charge in [0, 0.05) is 20.1 Å². The van der Waals surface area contributed by atoms with Crippen LogP contribution >= 0.6 is 31.9 Å². The molecular weight excluding hydrogens is 368 g/mol. The van der Waals surface area contributed by atoms with Gasteiger partial charge in [0.25, 0.3) is 0 Å². The fourth-order valence-corrected chi connectivity index (χ4v) is 2.40. The third-order valence-electron chi connectivity index (χ3n) is 2.83. The van der Waals surface area contributed by atoms with Crippen LogP contribution in [0.1, 0.15) is 18.1 Å². The van der Waals surface area contributed by atoms with E-state index < -0.39 is 5.60 Å². The summed E-state index contributed by atoms with van der Waals surface area (Å²) in [6.45, 7) is 1.72. The van der Waals surface area contributed by atoms with Gasteiger partial charge in [-0.25, -0.2) is 0 Å². The molecule has 0 saturated heterocycles.